The average molecular weight is 442 g/mol. The van der Waals surface area contributed by atoms with Crippen molar-refractivity contribution in [1.29, 1.82) is 0 Å². The highest BCUT2D eigenvalue weighted by Gasteiger charge is 2.32. The first-order valence-corrected chi connectivity index (χ1v) is 9.63. The smallest absolute Gasteiger partial charge is 0.326 e. The number of amides is 3. The zero-order valence-electron chi connectivity index (χ0n) is 17.5. The molecule has 5 atom stereocenters. The lowest BCUT2D eigenvalue weighted by atomic mass is 10.0. The van der Waals surface area contributed by atoms with Crippen molar-refractivity contribution < 1.29 is 34.5 Å². The highest BCUT2D eigenvalue weighted by Crippen LogP contribution is 2.03. The third kappa shape index (κ3) is 7.96. The number of aliphatic hydroxyl groups is 2. The molecule has 0 saturated carbocycles. The van der Waals surface area contributed by atoms with E-state index in [4.69, 9.17) is 10.8 Å². The molecule has 0 saturated heterocycles. The molecule has 1 rings (SSSR count). The number of aromatic amines is 1. The van der Waals surface area contributed by atoms with Crippen LogP contribution in [0.25, 0.3) is 0 Å². The molecule has 0 bridgehead atoms. The van der Waals surface area contributed by atoms with Crippen LogP contribution in [0.2, 0.25) is 0 Å². The number of carboxylic acid groups (broad SMARTS) is 1. The van der Waals surface area contributed by atoms with Gasteiger partial charge in [0.1, 0.15) is 18.1 Å². The summed E-state index contributed by atoms with van der Waals surface area (Å²) in [6, 6.07) is -5.24. The molecule has 0 aliphatic carbocycles. The molecule has 13 nitrogen and oxygen atoms in total. The topological polar surface area (TPSA) is 220 Å². The van der Waals surface area contributed by atoms with Crippen molar-refractivity contribution in [3.63, 3.8) is 0 Å². The van der Waals surface area contributed by atoms with E-state index in [1.807, 2.05) is 0 Å². The Morgan fingerprint density at radius 1 is 1.06 bits per heavy atom. The van der Waals surface area contributed by atoms with Crippen LogP contribution in [0.5, 0.6) is 0 Å². The number of aromatic nitrogens is 2. The third-order valence-corrected chi connectivity index (χ3v) is 4.44. The Balaban J connectivity index is 2.78. The van der Waals surface area contributed by atoms with Crippen molar-refractivity contribution in [1.82, 2.24) is 25.9 Å². The van der Waals surface area contributed by atoms with Gasteiger partial charge in [-0.2, -0.15) is 0 Å². The molecule has 9 N–H and O–H groups in total. The molecule has 0 spiro atoms. The van der Waals surface area contributed by atoms with Crippen molar-refractivity contribution in [3.05, 3.63) is 18.2 Å². The summed E-state index contributed by atoms with van der Waals surface area (Å²) in [4.78, 5) is 55.0. The number of nitrogens with zero attached hydrogens (tertiary/aromatic N) is 1. The predicted molar refractivity (Wildman–Crippen MR) is 107 cm³/mol. The number of hydrogen-bond donors (Lipinski definition) is 8. The van der Waals surface area contributed by atoms with Gasteiger partial charge in [-0.15, -0.1) is 0 Å². The van der Waals surface area contributed by atoms with Crippen LogP contribution in [0.4, 0.5) is 0 Å². The van der Waals surface area contributed by atoms with Gasteiger partial charge in [0.25, 0.3) is 0 Å². The molecule has 0 fully saturated rings. The van der Waals surface area contributed by atoms with Crippen molar-refractivity contribution in [2.45, 2.75) is 57.5 Å². The van der Waals surface area contributed by atoms with Gasteiger partial charge in [-0.1, -0.05) is 13.8 Å². The Morgan fingerprint density at radius 3 is 2.13 bits per heavy atom. The largest absolute Gasteiger partial charge is 0.480 e. The summed E-state index contributed by atoms with van der Waals surface area (Å²) in [6.45, 7) is 3.58. The van der Waals surface area contributed by atoms with Crippen LogP contribution < -0.4 is 21.7 Å². The molecule has 174 valence electrons. The molecule has 0 aliphatic rings. The molecule has 0 aromatic carbocycles. The number of nitrogens with one attached hydrogen (secondary N) is 4. The van der Waals surface area contributed by atoms with E-state index in [0.29, 0.717) is 5.69 Å². The average Bonchev–Trinajstić information content (AvgIpc) is 3.19. The van der Waals surface area contributed by atoms with Crippen molar-refractivity contribution in [3.8, 4) is 0 Å². The maximum absolute atomic E-state index is 12.5. The fraction of sp³-hybridized carbons (Fsp3) is 0.611. The van der Waals surface area contributed by atoms with Gasteiger partial charge in [0.15, 0.2) is 0 Å². The minimum Gasteiger partial charge on any atom is -0.480 e. The lowest BCUT2D eigenvalue weighted by Gasteiger charge is -2.26. The maximum Gasteiger partial charge on any atom is 0.326 e. The van der Waals surface area contributed by atoms with Crippen LogP contribution in [-0.4, -0.2) is 85.9 Å². The predicted octanol–water partition coefficient (Wildman–Crippen LogP) is -3.15. The lowest BCUT2D eigenvalue weighted by Crippen LogP contribution is -2.61. The van der Waals surface area contributed by atoms with Crippen LogP contribution in [0.15, 0.2) is 12.5 Å². The molecular weight excluding hydrogens is 412 g/mol. The van der Waals surface area contributed by atoms with Gasteiger partial charge in [-0.05, 0) is 12.8 Å². The van der Waals surface area contributed by atoms with E-state index in [1.54, 1.807) is 13.8 Å². The number of H-pyrrole nitrogens is 1. The number of carboxylic acids is 1. The molecule has 0 aliphatic heterocycles. The minimum atomic E-state index is -1.50. The SMILES string of the molecule is CC(C)C(NC(=O)C(CO)NC(=O)C(NC(=O)C(N)Cc1cnc[nH]1)C(C)O)C(=O)O. The summed E-state index contributed by atoms with van der Waals surface area (Å²) < 4.78 is 0. The molecular formula is C18H30N6O7. The first-order valence-electron chi connectivity index (χ1n) is 9.63. The van der Waals surface area contributed by atoms with E-state index < -0.39 is 66.5 Å². The summed E-state index contributed by atoms with van der Waals surface area (Å²) in [5.74, 6) is -4.33. The Bertz CT molecular complexity index is 753. The van der Waals surface area contributed by atoms with Crippen molar-refractivity contribution >= 4 is 23.7 Å². The van der Waals surface area contributed by atoms with Gasteiger partial charge in [0.2, 0.25) is 17.7 Å². The first kappa shape index (κ1) is 26.0. The number of carbonyl (C=O) groups is 4. The zero-order chi connectivity index (χ0) is 23.7. The normalized spacial score (nSPS) is 16.0. The fourth-order valence-electron chi connectivity index (χ4n) is 2.61. The maximum atomic E-state index is 12.5. The van der Waals surface area contributed by atoms with E-state index in [1.165, 1.54) is 19.4 Å². The van der Waals surface area contributed by atoms with Crippen LogP contribution in [-0.2, 0) is 25.6 Å². The zero-order valence-corrected chi connectivity index (χ0v) is 17.5. The number of aliphatic carboxylic acids is 1. The van der Waals surface area contributed by atoms with E-state index in [9.17, 15) is 29.4 Å². The van der Waals surface area contributed by atoms with Gasteiger partial charge in [-0.25, -0.2) is 9.78 Å². The van der Waals surface area contributed by atoms with Crippen LogP contribution in [0, 0.1) is 5.92 Å². The highest BCUT2D eigenvalue weighted by atomic mass is 16.4. The summed E-state index contributed by atoms with van der Waals surface area (Å²) in [5.41, 5.74) is 6.40. The van der Waals surface area contributed by atoms with E-state index in [0.717, 1.165) is 0 Å². The second-order valence-electron chi connectivity index (χ2n) is 7.43. The number of imidazole rings is 1. The molecule has 1 aromatic heterocycles. The molecule has 13 heteroatoms. The van der Waals surface area contributed by atoms with Gasteiger partial charge in [-0.3, -0.25) is 14.4 Å². The minimum absolute atomic E-state index is 0.105. The van der Waals surface area contributed by atoms with Gasteiger partial charge < -0.3 is 42.0 Å². The standard InChI is InChI=1S/C18H30N6O7/c1-8(2)13(18(30)31)23-16(28)12(6-25)22-17(29)14(9(3)26)24-15(27)11(19)4-10-5-20-7-21-10/h5,7-9,11-14,25-26H,4,6,19H2,1-3H3,(H,20,21)(H,22,29)(H,23,28)(H,24,27)(H,30,31). The van der Waals surface area contributed by atoms with Crippen LogP contribution >= 0.6 is 0 Å². The monoisotopic (exact) mass is 442 g/mol. The van der Waals surface area contributed by atoms with E-state index in [-0.39, 0.29) is 6.42 Å². The molecule has 3 amide bonds. The van der Waals surface area contributed by atoms with Gasteiger partial charge >= 0.3 is 5.97 Å². The molecule has 0 radical (unpaired) electrons. The molecule has 5 unspecified atom stereocenters. The second kappa shape index (κ2) is 12.0. The number of hydrogen-bond acceptors (Lipinski definition) is 8. The summed E-state index contributed by atoms with van der Waals surface area (Å²) in [7, 11) is 0. The van der Waals surface area contributed by atoms with Crippen molar-refractivity contribution in [2.24, 2.45) is 11.7 Å². The molecule has 1 aromatic rings. The molecule has 1 heterocycles. The summed E-state index contributed by atoms with van der Waals surface area (Å²) in [6.07, 6.45) is 1.65. The summed E-state index contributed by atoms with van der Waals surface area (Å²) in [5, 5.41) is 35.3. The third-order valence-electron chi connectivity index (χ3n) is 4.44. The summed E-state index contributed by atoms with van der Waals surface area (Å²) >= 11 is 0. The Kier molecular flexibility index (Phi) is 10.0. The number of rotatable bonds is 12. The first-order chi connectivity index (χ1) is 14.5. The van der Waals surface area contributed by atoms with Crippen LogP contribution in [0.3, 0.4) is 0 Å². The van der Waals surface area contributed by atoms with Gasteiger partial charge in [0.05, 0.1) is 25.1 Å². The van der Waals surface area contributed by atoms with Gasteiger partial charge in [0, 0.05) is 18.3 Å². The van der Waals surface area contributed by atoms with E-state index >= 15 is 0 Å². The Labute approximate surface area is 178 Å². The van der Waals surface area contributed by atoms with E-state index in [2.05, 4.69) is 25.9 Å². The Hall–Kier alpha value is -3.03. The van der Waals surface area contributed by atoms with Crippen LogP contribution in [0.1, 0.15) is 26.5 Å². The number of nitrogens with two attached hydrogens (primary N) is 1. The lowest BCUT2D eigenvalue weighted by molar-refractivity contribution is -0.144. The van der Waals surface area contributed by atoms with Crippen molar-refractivity contribution in [2.75, 3.05) is 6.61 Å². The molecule has 31 heavy (non-hydrogen) atoms. The quantitative estimate of drug-likeness (QED) is 0.163. The number of carbonyl (C=O) groups excluding carboxylic acids is 3. The highest BCUT2D eigenvalue weighted by molar-refractivity contribution is 5.94. The Morgan fingerprint density at radius 2 is 1.68 bits per heavy atom. The number of aliphatic hydroxyl groups excluding tert-OH is 2. The fourth-order valence-corrected chi connectivity index (χ4v) is 2.61. The second-order valence-corrected chi connectivity index (χ2v) is 7.43.